The zero-order chi connectivity index (χ0) is 26.5. The molecule has 36 heavy (non-hydrogen) atoms. The second-order valence-electron chi connectivity index (χ2n) is 11.5. The van der Waals surface area contributed by atoms with Gasteiger partial charge in [-0.2, -0.15) is 0 Å². The van der Waals surface area contributed by atoms with Gasteiger partial charge in [-0.1, -0.05) is 47.5 Å². The smallest absolute Gasteiger partial charge is 0.254 e. The maximum atomic E-state index is 15.5. The van der Waals surface area contributed by atoms with Crippen LogP contribution in [0.5, 0.6) is 0 Å². The van der Waals surface area contributed by atoms with E-state index < -0.39 is 17.0 Å². The topological polar surface area (TPSA) is 44.4 Å². The minimum atomic E-state index is -0.504. The largest absolute Gasteiger partial charge is 0.388 e. The van der Waals surface area contributed by atoms with Crippen LogP contribution in [0.3, 0.4) is 0 Å². The van der Waals surface area contributed by atoms with Crippen molar-refractivity contribution in [2.24, 2.45) is 5.41 Å². The van der Waals surface area contributed by atoms with Crippen LogP contribution in [0.4, 0.5) is 8.78 Å². The van der Waals surface area contributed by atoms with E-state index in [1.54, 1.807) is 0 Å². The van der Waals surface area contributed by atoms with Gasteiger partial charge in [0, 0.05) is 42.4 Å². The standard InChI is InChI=1S/C30H45F2N3O/c1-7-9-13-26(34-28(36)24-12-10-16-33-21(24)3)35-17-14-30(15-18-35,29(4,5)6)27-22(11-8-2)19-23(31)20-25(27)32/h13,19-20,33H,7-12,14-18H2,1-6H3,(H,34,36)/b26-13-. The SMILES string of the molecule is CCC/C=C(/NC(=O)C1=C(C)NCCC1)N1CCC(c2c(F)cc(F)cc2CCC)(C(C)(C)C)CC1. The molecule has 0 spiro atoms. The van der Waals surface area contributed by atoms with Gasteiger partial charge in [0.05, 0.1) is 0 Å². The summed E-state index contributed by atoms with van der Waals surface area (Å²) in [5, 5.41) is 6.51. The van der Waals surface area contributed by atoms with Gasteiger partial charge in [0.15, 0.2) is 0 Å². The van der Waals surface area contributed by atoms with Crippen LogP contribution in [0, 0.1) is 17.0 Å². The highest BCUT2D eigenvalue weighted by Crippen LogP contribution is 2.51. The molecule has 1 saturated heterocycles. The molecule has 2 N–H and O–H groups in total. The van der Waals surface area contributed by atoms with Gasteiger partial charge < -0.3 is 15.5 Å². The molecule has 200 valence electrons. The monoisotopic (exact) mass is 501 g/mol. The van der Waals surface area contributed by atoms with Crippen LogP contribution in [0.1, 0.15) is 97.6 Å². The van der Waals surface area contributed by atoms with Crippen molar-refractivity contribution in [1.82, 2.24) is 15.5 Å². The van der Waals surface area contributed by atoms with E-state index in [9.17, 15) is 9.18 Å². The van der Waals surface area contributed by atoms with Crippen LogP contribution in [-0.2, 0) is 16.6 Å². The molecule has 0 atom stereocenters. The van der Waals surface area contributed by atoms with Crippen LogP contribution in [0.2, 0.25) is 0 Å². The average Bonchev–Trinajstić information content (AvgIpc) is 2.81. The highest BCUT2D eigenvalue weighted by molar-refractivity contribution is 5.95. The van der Waals surface area contributed by atoms with E-state index >= 15 is 4.39 Å². The number of rotatable bonds is 8. The summed E-state index contributed by atoms with van der Waals surface area (Å²) in [6.07, 6.45) is 8.68. The van der Waals surface area contributed by atoms with Gasteiger partial charge in [-0.05, 0) is 74.1 Å². The molecular weight excluding hydrogens is 456 g/mol. The van der Waals surface area contributed by atoms with E-state index in [-0.39, 0.29) is 11.3 Å². The van der Waals surface area contributed by atoms with Crippen LogP contribution in [0.15, 0.2) is 35.3 Å². The zero-order valence-corrected chi connectivity index (χ0v) is 23.1. The summed E-state index contributed by atoms with van der Waals surface area (Å²) in [6, 6.07) is 2.58. The van der Waals surface area contributed by atoms with Crippen molar-refractivity contribution >= 4 is 5.91 Å². The van der Waals surface area contributed by atoms with Gasteiger partial charge >= 0.3 is 0 Å². The molecule has 1 fully saturated rings. The van der Waals surface area contributed by atoms with E-state index in [2.05, 4.69) is 49.3 Å². The first-order valence-corrected chi connectivity index (χ1v) is 13.7. The first-order chi connectivity index (χ1) is 17.0. The van der Waals surface area contributed by atoms with Crippen molar-refractivity contribution in [3.8, 4) is 0 Å². The van der Waals surface area contributed by atoms with Crippen molar-refractivity contribution in [2.75, 3.05) is 19.6 Å². The summed E-state index contributed by atoms with van der Waals surface area (Å²) in [6.45, 7) is 15.0. The number of amides is 1. The third-order valence-electron chi connectivity index (χ3n) is 8.12. The summed E-state index contributed by atoms with van der Waals surface area (Å²) in [4.78, 5) is 15.4. The molecule has 4 nitrogen and oxygen atoms in total. The number of nitrogens with zero attached hydrogens (tertiary/aromatic N) is 1. The van der Waals surface area contributed by atoms with Crippen LogP contribution in [-0.4, -0.2) is 30.4 Å². The lowest BCUT2D eigenvalue weighted by Crippen LogP contribution is -2.52. The minimum Gasteiger partial charge on any atom is -0.388 e. The predicted molar refractivity (Wildman–Crippen MR) is 143 cm³/mol. The Bertz CT molecular complexity index is 998. The maximum Gasteiger partial charge on any atom is 0.254 e. The van der Waals surface area contributed by atoms with E-state index in [0.29, 0.717) is 25.1 Å². The van der Waals surface area contributed by atoms with E-state index in [1.165, 1.54) is 6.07 Å². The molecule has 2 aliphatic heterocycles. The third-order valence-corrected chi connectivity index (χ3v) is 8.12. The third kappa shape index (κ3) is 5.95. The van der Waals surface area contributed by atoms with E-state index in [1.807, 2.05) is 13.8 Å². The number of hydrogen-bond acceptors (Lipinski definition) is 3. The van der Waals surface area contributed by atoms with Gasteiger partial charge in [-0.3, -0.25) is 4.79 Å². The number of aryl methyl sites for hydroxylation is 1. The number of hydrogen-bond donors (Lipinski definition) is 2. The quantitative estimate of drug-likeness (QED) is 0.416. The number of unbranched alkanes of at least 4 members (excludes halogenated alkanes) is 1. The summed E-state index contributed by atoms with van der Waals surface area (Å²) in [5.74, 6) is -0.118. The van der Waals surface area contributed by atoms with Crippen molar-refractivity contribution in [3.63, 3.8) is 0 Å². The first kappa shape index (κ1) is 28.2. The Morgan fingerprint density at radius 2 is 1.86 bits per heavy atom. The van der Waals surface area contributed by atoms with Gasteiger partial charge in [0.1, 0.15) is 17.5 Å². The maximum absolute atomic E-state index is 15.5. The molecule has 1 aromatic rings. The number of benzene rings is 1. The van der Waals surface area contributed by atoms with Gasteiger partial charge in [-0.25, -0.2) is 8.78 Å². The van der Waals surface area contributed by atoms with Crippen LogP contribution < -0.4 is 10.6 Å². The number of allylic oxidation sites excluding steroid dienone is 2. The van der Waals surface area contributed by atoms with Gasteiger partial charge in [0.25, 0.3) is 5.91 Å². The molecule has 0 bridgehead atoms. The number of piperidine rings is 1. The van der Waals surface area contributed by atoms with Crippen LogP contribution in [0.25, 0.3) is 0 Å². The lowest BCUT2D eigenvalue weighted by molar-refractivity contribution is -0.117. The lowest BCUT2D eigenvalue weighted by Gasteiger charge is -2.52. The molecule has 2 aliphatic rings. The molecular formula is C30H45F2N3O. The molecule has 6 heteroatoms. The predicted octanol–water partition coefficient (Wildman–Crippen LogP) is 6.71. The molecule has 0 unspecified atom stereocenters. The molecule has 0 saturated carbocycles. The number of halogens is 2. The van der Waals surface area contributed by atoms with Crippen molar-refractivity contribution in [2.45, 2.75) is 98.3 Å². The first-order valence-electron chi connectivity index (χ1n) is 13.7. The van der Waals surface area contributed by atoms with Gasteiger partial charge in [0.2, 0.25) is 0 Å². The molecule has 0 radical (unpaired) electrons. The number of likely N-dealkylation sites (tertiary alicyclic amines) is 1. The van der Waals surface area contributed by atoms with E-state index in [0.717, 1.165) is 80.2 Å². The Balaban J connectivity index is 1.90. The number of carbonyl (C=O) groups is 1. The summed E-state index contributed by atoms with van der Waals surface area (Å²) >= 11 is 0. The molecule has 1 amide bonds. The van der Waals surface area contributed by atoms with E-state index in [4.69, 9.17) is 0 Å². The Labute approximate surface area is 216 Å². The Morgan fingerprint density at radius 3 is 2.44 bits per heavy atom. The Hall–Kier alpha value is -2.37. The molecule has 0 aromatic heterocycles. The Morgan fingerprint density at radius 1 is 1.17 bits per heavy atom. The van der Waals surface area contributed by atoms with Gasteiger partial charge in [-0.15, -0.1) is 0 Å². The molecule has 0 aliphatic carbocycles. The highest BCUT2D eigenvalue weighted by atomic mass is 19.1. The van der Waals surface area contributed by atoms with Crippen molar-refractivity contribution in [3.05, 3.63) is 58.1 Å². The van der Waals surface area contributed by atoms with Crippen molar-refractivity contribution in [1.29, 1.82) is 0 Å². The second kappa shape index (κ2) is 11.8. The van der Waals surface area contributed by atoms with Crippen LogP contribution >= 0.6 is 0 Å². The zero-order valence-electron chi connectivity index (χ0n) is 23.1. The fraction of sp³-hybridized carbons (Fsp3) is 0.633. The fourth-order valence-corrected chi connectivity index (χ4v) is 5.98. The molecule has 1 aromatic carbocycles. The highest BCUT2D eigenvalue weighted by Gasteiger charge is 2.48. The summed E-state index contributed by atoms with van der Waals surface area (Å²) in [7, 11) is 0. The molecule has 2 heterocycles. The molecule has 3 rings (SSSR count). The Kier molecular flexibility index (Phi) is 9.23. The van der Waals surface area contributed by atoms with Crippen molar-refractivity contribution < 1.29 is 13.6 Å². The summed E-state index contributed by atoms with van der Waals surface area (Å²) in [5.41, 5.74) is 2.62. The fourth-order valence-electron chi connectivity index (χ4n) is 5.98. The summed E-state index contributed by atoms with van der Waals surface area (Å²) < 4.78 is 29.7. The minimum absolute atomic E-state index is 0.0375. The normalized spacial score (nSPS) is 18.8. The number of carbonyl (C=O) groups excluding carboxylic acids is 1. The number of nitrogens with one attached hydrogen (secondary N) is 2. The lowest BCUT2D eigenvalue weighted by atomic mass is 9.57. The second-order valence-corrected chi connectivity index (χ2v) is 11.5. The average molecular weight is 502 g/mol.